The van der Waals surface area contributed by atoms with E-state index < -0.39 is 0 Å². The summed E-state index contributed by atoms with van der Waals surface area (Å²) in [7, 11) is 0. The Bertz CT molecular complexity index is 549. The lowest BCUT2D eigenvalue weighted by Crippen LogP contribution is -2.33. The topological polar surface area (TPSA) is 12.9 Å². The Morgan fingerprint density at radius 3 is 2.42 bits per heavy atom. The second-order valence-corrected chi connectivity index (χ2v) is 6.47. The Morgan fingerprint density at radius 1 is 1.21 bits per heavy atom. The average molecular weight is 335 g/mol. The van der Waals surface area contributed by atoms with Crippen LogP contribution in [0.2, 0.25) is 5.02 Å². The van der Waals surface area contributed by atoms with Crippen molar-refractivity contribution in [3.05, 3.63) is 50.9 Å². The molecule has 0 unspecified atom stereocenters. The molecular weight excluding hydrogens is 321 g/mol. The molecule has 0 spiro atoms. The van der Waals surface area contributed by atoms with Crippen LogP contribution in [-0.2, 0) is 11.8 Å². The zero-order valence-electron chi connectivity index (χ0n) is 10.5. The molecule has 1 aromatic heterocycles. The summed E-state index contributed by atoms with van der Waals surface area (Å²) in [5.74, 6) is 0.831. The van der Waals surface area contributed by atoms with Crippen LogP contribution in [0.15, 0.2) is 29.6 Å². The lowest BCUT2D eigenvalue weighted by molar-refractivity contribution is 0.534. The zero-order chi connectivity index (χ0) is 13.9. The van der Waals surface area contributed by atoms with Crippen LogP contribution in [0.1, 0.15) is 16.3 Å². The average Bonchev–Trinajstić information content (AvgIpc) is 2.82. The van der Waals surface area contributed by atoms with Gasteiger partial charge in [0, 0.05) is 39.7 Å². The molecule has 5 heteroatoms. The highest BCUT2D eigenvalue weighted by Gasteiger charge is 2.33. The van der Waals surface area contributed by atoms with E-state index in [0.29, 0.717) is 23.2 Å². The molecule has 102 valence electrons. The molecule has 0 bridgehead atoms. The lowest BCUT2D eigenvalue weighted by Gasteiger charge is -2.30. The predicted molar refractivity (Wildman–Crippen MR) is 85.1 cm³/mol. The van der Waals surface area contributed by atoms with Crippen LogP contribution in [-0.4, -0.2) is 16.7 Å². The predicted octanol–water partition coefficient (Wildman–Crippen LogP) is 5.06. The molecule has 0 atom stereocenters. The standard InChI is InChI=1S/C14H14Cl3NS/c1-10-7-19-13(18-10)6-14(8-15,9-16)11-4-2-3-5-12(11)17/h2-5,7H,6,8-9H2,1H3. The van der Waals surface area contributed by atoms with Crippen LogP contribution >= 0.6 is 46.1 Å². The SMILES string of the molecule is Cc1csc(CC(CCl)(CCl)c2ccccc2Cl)n1. The van der Waals surface area contributed by atoms with Crippen molar-refractivity contribution in [2.75, 3.05) is 11.8 Å². The van der Waals surface area contributed by atoms with Crippen LogP contribution in [0.5, 0.6) is 0 Å². The maximum absolute atomic E-state index is 6.30. The highest BCUT2D eigenvalue weighted by atomic mass is 35.5. The Labute approximate surface area is 132 Å². The molecule has 2 rings (SSSR count). The molecule has 1 aromatic carbocycles. The largest absolute Gasteiger partial charge is 0.247 e. The first kappa shape index (κ1) is 15.1. The molecular formula is C14H14Cl3NS. The third kappa shape index (κ3) is 3.25. The summed E-state index contributed by atoms with van der Waals surface area (Å²) in [6.45, 7) is 1.98. The van der Waals surface area contributed by atoms with Gasteiger partial charge in [-0.05, 0) is 18.6 Å². The Hall–Kier alpha value is -0.280. The van der Waals surface area contributed by atoms with Gasteiger partial charge >= 0.3 is 0 Å². The van der Waals surface area contributed by atoms with E-state index in [9.17, 15) is 0 Å². The van der Waals surface area contributed by atoms with Gasteiger partial charge in [-0.25, -0.2) is 4.98 Å². The number of nitrogens with zero attached hydrogens (tertiary/aromatic N) is 1. The fourth-order valence-corrected chi connectivity index (χ4v) is 4.05. The number of halogens is 3. The molecule has 0 saturated carbocycles. The van der Waals surface area contributed by atoms with Crippen molar-refractivity contribution >= 4 is 46.1 Å². The number of aromatic nitrogens is 1. The summed E-state index contributed by atoms with van der Waals surface area (Å²) >= 11 is 20.4. The van der Waals surface area contributed by atoms with E-state index in [4.69, 9.17) is 34.8 Å². The first-order valence-corrected chi connectivity index (χ1v) is 8.22. The van der Waals surface area contributed by atoms with Gasteiger partial charge in [0.15, 0.2) is 0 Å². The summed E-state index contributed by atoms with van der Waals surface area (Å²) in [6, 6.07) is 7.74. The maximum Gasteiger partial charge on any atom is 0.0937 e. The van der Waals surface area contributed by atoms with Gasteiger partial charge in [0.05, 0.1) is 5.01 Å². The summed E-state index contributed by atoms with van der Waals surface area (Å²) < 4.78 is 0. The molecule has 0 aliphatic rings. The summed E-state index contributed by atoms with van der Waals surface area (Å²) in [5, 5.41) is 3.78. The van der Waals surface area contributed by atoms with Crippen LogP contribution in [0.4, 0.5) is 0 Å². The minimum absolute atomic E-state index is 0.369. The molecule has 0 radical (unpaired) electrons. The number of alkyl halides is 2. The molecule has 1 nitrogen and oxygen atoms in total. The summed E-state index contributed by atoms with van der Waals surface area (Å²) in [6.07, 6.45) is 0.711. The van der Waals surface area contributed by atoms with Crippen molar-refractivity contribution in [1.29, 1.82) is 0 Å². The molecule has 1 heterocycles. The number of benzene rings is 1. The Morgan fingerprint density at radius 2 is 1.89 bits per heavy atom. The van der Waals surface area contributed by atoms with Crippen molar-refractivity contribution in [3.8, 4) is 0 Å². The molecule has 19 heavy (non-hydrogen) atoms. The quantitative estimate of drug-likeness (QED) is 0.696. The van der Waals surface area contributed by atoms with E-state index in [-0.39, 0.29) is 5.41 Å². The van der Waals surface area contributed by atoms with Gasteiger partial charge < -0.3 is 0 Å². The Kier molecular flexibility index (Phi) is 5.13. The summed E-state index contributed by atoms with van der Waals surface area (Å²) in [4.78, 5) is 4.50. The first-order chi connectivity index (χ1) is 9.11. The fourth-order valence-electron chi connectivity index (χ4n) is 2.03. The highest BCUT2D eigenvalue weighted by molar-refractivity contribution is 7.09. The zero-order valence-corrected chi connectivity index (χ0v) is 13.6. The molecule has 0 amide bonds. The van der Waals surface area contributed by atoms with Crippen molar-refractivity contribution < 1.29 is 0 Å². The third-order valence-electron chi connectivity index (χ3n) is 3.11. The molecule has 0 fully saturated rings. The molecule has 0 N–H and O–H groups in total. The molecule has 0 aliphatic heterocycles. The van der Waals surface area contributed by atoms with E-state index in [2.05, 4.69) is 4.98 Å². The van der Waals surface area contributed by atoms with E-state index in [1.165, 1.54) is 0 Å². The van der Waals surface area contributed by atoms with Gasteiger partial charge in [-0.3, -0.25) is 0 Å². The van der Waals surface area contributed by atoms with Gasteiger partial charge in [0.25, 0.3) is 0 Å². The van der Waals surface area contributed by atoms with E-state index in [0.717, 1.165) is 16.3 Å². The second kappa shape index (κ2) is 6.45. The monoisotopic (exact) mass is 333 g/mol. The minimum atomic E-state index is -0.369. The molecule has 0 saturated heterocycles. The summed E-state index contributed by atoms with van der Waals surface area (Å²) in [5.41, 5.74) is 1.65. The van der Waals surface area contributed by atoms with Crippen LogP contribution in [0.25, 0.3) is 0 Å². The number of hydrogen-bond donors (Lipinski definition) is 0. The van der Waals surface area contributed by atoms with Crippen LogP contribution < -0.4 is 0 Å². The minimum Gasteiger partial charge on any atom is -0.247 e. The van der Waals surface area contributed by atoms with Crippen LogP contribution in [0, 0.1) is 6.92 Å². The van der Waals surface area contributed by atoms with Gasteiger partial charge in [-0.2, -0.15) is 0 Å². The van der Waals surface area contributed by atoms with Crippen molar-refractivity contribution in [3.63, 3.8) is 0 Å². The number of rotatable bonds is 5. The van der Waals surface area contributed by atoms with E-state index >= 15 is 0 Å². The van der Waals surface area contributed by atoms with Crippen molar-refractivity contribution in [2.45, 2.75) is 18.8 Å². The van der Waals surface area contributed by atoms with Gasteiger partial charge in [0.2, 0.25) is 0 Å². The van der Waals surface area contributed by atoms with Crippen molar-refractivity contribution in [1.82, 2.24) is 4.98 Å². The highest BCUT2D eigenvalue weighted by Crippen LogP contribution is 2.36. The molecule has 2 aromatic rings. The number of aryl methyl sites for hydroxylation is 1. The second-order valence-electron chi connectivity index (χ2n) is 4.59. The number of hydrogen-bond acceptors (Lipinski definition) is 2. The maximum atomic E-state index is 6.30. The number of thiazole rings is 1. The van der Waals surface area contributed by atoms with Gasteiger partial charge in [-0.1, -0.05) is 29.8 Å². The lowest BCUT2D eigenvalue weighted by atomic mass is 9.81. The van der Waals surface area contributed by atoms with Gasteiger partial charge in [0.1, 0.15) is 0 Å². The van der Waals surface area contributed by atoms with Crippen molar-refractivity contribution in [2.24, 2.45) is 0 Å². The van der Waals surface area contributed by atoms with Crippen LogP contribution in [0.3, 0.4) is 0 Å². The smallest absolute Gasteiger partial charge is 0.0937 e. The normalized spacial score (nSPS) is 11.8. The van der Waals surface area contributed by atoms with Gasteiger partial charge in [-0.15, -0.1) is 34.5 Å². The third-order valence-corrected chi connectivity index (χ3v) is 5.43. The van der Waals surface area contributed by atoms with E-state index in [1.807, 2.05) is 36.6 Å². The fraction of sp³-hybridized carbons (Fsp3) is 0.357. The first-order valence-electron chi connectivity index (χ1n) is 5.89. The Balaban J connectivity index is 2.40. The van der Waals surface area contributed by atoms with E-state index in [1.54, 1.807) is 11.3 Å². The molecule has 0 aliphatic carbocycles.